The van der Waals surface area contributed by atoms with Gasteiger partial charge in [0.25, 0.3) is 0 Å². The number of piperazine rings is 1. The average molecular weight is 500 g/mol. The lowest BCUT2D eigenvalue weighted by molar-refractivity contribution is 0.0915. The summed E-state index contributed by atoms with van der Waals surface area (Å²) in [4.78, 5) is 24.8. The number of imidazole rings is 1. The molecule has 0 spiro atoms. The van der Waals surface area contributed by atoms with Crippen LogP contribution in [0.3, 0.4) is 0 Å². The number of nitrogens with zero attached hydrogens (tertiary/aromatic N) is 5. The Hall–Kier alpha value is -2.04. The molecule has 0 bridgehead atoms. The molecule has 1 N–H and O–H groups in total. The van der Waals surface area contributed by atoms with E-state index in [1.807, 2.05) is 19.2 Å². The highest BCUT2D eigenvalue weighted by molar-refractivity contribution is 14.0. The van der Waals surface area contributed by atoms with Gasteiger partial charge in [0.1, 0.15) is 5.65 Å². The SMILES string of the molecule is CCOC(=O)N1CCN(C(=NC)NCCc2cn3cccc(C)c3n2)CC1.I. The molecule has 3 rings (SSSR count). The normalized spacial score (nSPS) is 14.8. The Labute approximate surface area is 183 Å². The Balaban J connectivity index is 0.00000280. The summed E-state index contributed by atoms with van der Waals surface area (Å²) >= 11 is 0. The highest BCUT2D eigenvalue weighted by atomic mass is 127. The molecule has 1 amide bonds. The van der Waals surface area contributed by atoms with Gasteiger partial charge in [-0.05, 0) is 25.5 Å². The zero-order chi connectivity index (χ0) is 19.2. The first-order valence-corrected chi connectivity index (χ1v) is 9.43. The highest BCUT2D eigenvalue weighted by Gasteiger charge is 2.23. The van der Waals surface area contributed by atoms with Crippen LogP contribution in [0.15, 0.2) is 29.5 Å². The van der Waals surface area contributed by atoms with Gasteiger partial charge < -0.3 is 24.3 Å². The topological polar surface area (TPSA) is 74.5 Å². The molecule has 0 radical (unpaired) electrons. The number of fused-ring (bicyclic) bond motifs is 1. The molecule has 28 heavy (non-hydrogen) atoms. The van der Waals surface area contributed by atoms with E-state index < -0.39 is 0 Å². The molecule has 0 saturated carbocycles. The minimum absolute atomic E-state index is 0. The summed E-state index contributed by atoms with van der Waals surface area (Å²) in [7, 11) is 1.79. The van der Waals surface area contributed by atoms with Crippen molar-refractivity contribution in [2.24, 2.45) is 4.99 Å². The summed E-state index contributed by atoms with van der Waals surface area (Å²) < 4.78 is 7.13. The second kappa shape index (κ2) is 10.5. The van der Waals surface area contributed by atoms with Gasteiger partial charge in [0.2, 0.25) is 0 Å². The molecule has 1 aliphatic rings. The van der Waals surface area contributed by atoms with Crippen LogP contribution in [0.2, 0.25) is 0 Å². The Morgan fingerprint density at radius 2 is 2.00 bits per heavy atom. The van der Waals surface area contributed by atoms with Crippen molar-refractivity contribution in [1.29, 1.82) is 0 Å². The zero-order valence-corrected chi connectivity index (χ0v) is 19.1. The second-order valence-corrected chi connectivity index (χ2v) is 6.55. The summed E-state index contributed by atoms with van der Waals surface area (Å²) in [6, 6.07) is 4.10. The molecule has 2 aromatic heterocycles. The van der Waals surface area contributed by atoms with Crippen LogP contribution in [-0.4, -0.2) is 77.6 Å². The number of aliphatic imine (C=N–C) groups is 1. The Bertz CT molecular complexity index is 814. The van der Waals surface area contributed by atoms with Crippen molar-refractivity contribution in [3.8, 4) is 0 Å². The number of ether oxygens (including phenoxy) is 1. The number of pyridine rings is 1. The van der Waals surface area contributed by atoms with Gasteiger partial charge in [-0.15, -0.1) is 24.0 Å². The Morgan fingerprint density at radius 3 is 2.64 bits per heavy atom. The molecular weight excluding hydrogens is 471 g/mol. The van der Waals surface area contributed by atoms with Crippen molar-refractivity contribution in [2.75, 3.05) is 46.4 Å². The van der Waals surface area contributed by atoms with Crippen LogP contribution in [0, 0.1) is 6.92 Å². The molecule has 0 unspecified atom stereocenters. The summed E-state index contributed by atoms with van der Waals surface area (Å²) in [5, 5.41) is 3.41. The number of carbonyl (C=O) groups excluding carboxylic acids is 1. The van der Waals surface area contributed by atoms with Crippen LogP contribution in [0.25, 0.3) is 5.65 Å². The van der Waals surface area contributed by atoms with Gasteiger partial charge in [-0.1, -0.05) is 6.07 Å². The first-order chi connectivity index (χ1) is 13.1. The molecule has 9 heteroatoms. The summed E-state index contributed by atoms with van der Waals surface area (Å²) in [6.07, 6.45) is 4.68. The van der Waals surface area contributed by atoms with Gasteiger partial charge in [-0.3, -0.25) is 4.99 Å². The van der Waals surface area contributed by atoms with E-state index in [9.17, 15) is 4.79 Å². The van der Waals surface area contributed by atoms with Crippen molar-refractivity contribution in [1.82, 2.24) is 24.5 Å². The number of carbonyl (C=O) groups is 1. The van der Waals surface area contributed by atoms with Crippen molar-refractivity contribution in [3.63, 3.8) is 0 Å². The fourth-order valence-corrected chi connectivity index (χ4v) is 3.28. The lowest BCUT2D eigenvalue weighted by Gasteiger charge is -2.35. The fraction of sp³-hybridized carbons (Fsp3) is 0.526. The summed E-state index contributed by atoms with van der Waals surface area (Å²) in [5.41, 5.74) is 3.23. The lowest BCUT2D eigenvalue weighted by Crippen LogP contribution is -2.54. The van der Waals surface area contributed by atoms with Crippen LogP contribution in [-0.2, 0) is 11.2 Å². The van der Waals surface area contributed by atoms with Gasteiger partial charge in [0, 0.05) is 58.6 Å². The quantitative estimate of drug-likeness (QED) is 0.396. The molecule has 154 valence electrons. The van der Waals surface area contributed by atoms with Crippen LogP contribution >= 0.6 is 24.0 Å². The van der Waals surface area contributed by atoms with Gasteiger partial charge in [-0.25, -0.2) is 9.78 Å². The van der Waals surface area contributed by atoms with E-state index >= 15 is 0 Å². The highest BCUT2D eigenvalue weighted by Crippen LogP contribution is 2.10. The van der Waals surface area contributed by atoms with E-state index in [-0.39, 0.29) is 30.1 Å². The first-order valence-electron chi connectivity index (χ1n) is 9.43. The molecule has 1 fully saturated rings. The number of hydrogen-bond donors (Lipinski definition) is 1. The minimum atomic E-state index is -0.234. The molecular formula is C19H29IN6O2. The van der Waals surface area contributed by atoms with Crippen molar-refractivity contribution in [3.05, 3.63) is 35.8 Å². The molecule has 0 atom stereocenters. The maximum atomic E-state index is 11.8. The van der Waals surface area contributed by atoms with E-state index in [0.29, 0.717) is 19.7 Å². The van der Waals surface area contributed by atoms with E-state index in [1.165, 1.54) is 5.56 Å². The average Bonchev–Trinajstić information content (AvgIpc) is 3.10. The third-order valence-electron chi connectivity index (χ3n) is 4.71. The van der Waals surface area contributed by atoms with Crippen LogP contribution in [0.4, 0.5) is 4.79 Å². The van der Waals surface area contributed by atoms with Gasteiger partial charge in [0.15, 0.2) is 5.96 Å². The number of rotatable bonds is 4. The standard InChI is InChI=1S/C19H28N6O2.HI/c1-4-27-19(26)24-12-10-23(11-13-24)18(20-3)21-8-7-16-14-25-9-5-6-15(2)17(25)22-16;/h5-6,9,14H,4,7-8,10-13H2,1-3H3,(H,20,21);1H. The van der Waals surface area contributed by atoms with Gasteiger partial charge >= 0.3 is 6.09 Å². The van der Waals surface area contributed by atoms with Crippen molar-refractivity contribution >= 4 is 41.7 Å². The minimum Gasteiger partial charge on any atom is -0.450 e. The van der Waals surface area contributed by atoms with E-state index in [2.05, 4.69) is 38.8 Å². The van der Waals surface area contributed by atoms with E-state index in [0.717, 1.165) is 43.4 Å². The number of hydrogen-bond acceptors (Lipinski definition) is 4. The molecule has 1 aliphatic heterocycles. The van der Waals surface area contributed by atoms with Crippen LogP contribution < -0.4 is 5.32 Å². The number of guanidine groups is 1. The van der Waals surface area contributed by atoms with Gasteiger partial charge in [-0.2, -0.15) is 0 Å². The van der Waals surface area contributed by atoms with Gasteiger partial charge in [0.05, 0.1) is 12.3 Å². The monoisotopic (exact) mass is 500 g/mol. The smallest absolute Gasteiger partial charge is 0.409 e. The molecule has 0 aliphatic carbocycles. The summed E-state index contributed by atoms with van der Waals surface area (Å²) in [6.45, 7) is 7.83. The third kappa shape index (κ3) is 5.27. The number of halogens is 1. The molecule has 3 heterocycles. The number of amides is 1. The number of nitrogens with one attached hydrogen (secondary N) is 1. The molecule has 2 aromatic rings. The summed E-state index contributed by atoms with van der Waals surface area (Å²) in [5.74, 6) is 0.860. The maximum absolute atomic E-state index is 11.8. The van der Waals surface area contributed by atoms with E-state index in [4.69, 9.17) is 9.72 Å². The van der Waals surface area contributed by atoms with Crippen molar-refractivity contribution < 1.29 is 9.53 Å². The second-order valence-electron chi connectivity index (χ2n) is 6.55. The zero-order valence-electron chi connectivity index (χ0n) is 16.7. The third-order valence-corrected chi connectivity index (χ3v) is 4.71. The predicted octanol–water partition coefficient (Wildman–Crippen LogP) is 2.15. The predicted molar refractivity (Wildman–Crippen MR) is 121 cm³/mol. The largest absolute Gasteiger partial charge is 0.450 e. The lowest BCUT2D eigenvalue weighted by atomic mass is 10.3. The fourth-order valence-electron chi connectivity index (χ4n) is 3.28. The molecule has 1 saturated heterocycles. The molecule has 8 nitrogen and oxygen atoms in total. The van der Waals surface area contributed by atoms with Crippen molar-refractivity contribution in [2.45, 2.75) is 20.3 Å². The molecule has 0 aromatic carbocycles. The van der Waals surface area contributed by atoms with E-state index in [1.54, 1.807) is 11.9 Å². The first kappa shape index (κ1) is 22.3. The number of aromatic nitrogens is 2. The Kier molecular flexibility index (Phi) is 8.34. The van der Waals surface area contributed by atoms with Crippen LogP contribution in [0.5, 0.6) is 0 Å². The maximum Gasteiger partial charge on any atom is 0.409 e. The Morgan fingerprint density at radius 1 is 1.29 bits per heavy atom. The number of aryl methyl sites for hydroxylation is 1. The van der Waals surface area contributed by atoms with Crippen LogP contribution in [0.1, 0.15) is 18.2 Å².